The Bertz CT molecular complexity index is 763. The fourth-order valence-corrected chi connectivity index (χ4v) is 2.99. The Labute approximate surface area is 146 Å². The fraction of sp³-hybridized carbons (Fsp3) is 0.300. The van der Waals surface area contributed by atoms with Crippen LogP contribution in [0.1, 0.15) is 18.9 Å². The molecule has 0 aliphatic heterocycles. The molecule has 5 heteroatoms. The molecule has 0 heterocycles. The molecule has 0 spiro atoms. The van der Waals surface area contributed by atoms with E-state index in [4.69, 9.17) is 0 Å². The monoisotopic (exact) mass is 340 g/mol. The van der Waals surface area contributed by atoms with Crippen LogP contribution in [0.2, 0.25) is 0 Å². The van der Waals surface area contributed by atoms with Crippen molar-refractivity contribution < 1.29 is 14.0 Å². The number of rotatable bonds is 6. The largest absolute Gasteiger partial charge is 0.352 e. The predicted octanol–water partition coefficient (Wildman–Crippen LogP) is 3.13. The molecule has 2 aromatic rings. The zero-order chi connectivity index (χ0) is 17.8. The minimum absolute atomic E-state index is 0.0280. The number of halogens is 1. The van der Waals surface area contributed by atoms with E-state index < -0.39 is 0 Å². The number of nitrogens with zero attached hydrogens (tertiary/aromatic N) is 1. The second-order valence-corrected chi connectivity index (χ2v) is 6.18. The lowest BCUT2D eigenvalue weighted by Crippen LogP contribution is -2.34. The third-order valence-electron chi connectivity index (χ3n) is 4.51. The number of amides is 2. The molecule has 1 aliphatic carbocycles. The van der Waals surface area contributed by atoms with Crippen LogP contribution in [0.25, 0.3) is 0 Å². The summed E-state index contributed by atoms with van der Waals surface area (Å²) in [7, 11) is 0. The third-order valence-corrected chi connectivity index (χ3v) is 4.51. The molecule has 3 rings (SSSR count). The van der Waals surface area contributed by atoms with E-state index in [0.29, 0.717) is 18.5 Å². The summed E-state index contributed by atoms with van der Waals surface area (Å²) >= 11 is 0. The summed E-state index contributed by atoms with van der Waals surface area (Å²) in [6.07, 6.45) is 0.547. The summed E-state index contributed by atoms with van der Waals surface area (Å²) in [5, 5.41) is 2.73. The van der Waals surface area contributed by atoms with Gasteiger partial charge in [0.05, 0.1) is 11.8 Å². The second kappa shape index (κ2) is 7.47. The molecule has 0 radical (unpaired) electrons. The molecule has 2 atom stereocenters. The lowest BCUT2D eigenvalue weighted by Gasteiger charge is -2.21. The average molecular weight is 340 g/mol. The van der Waals surface area contributed by atoms with Crippen molar-refractivity contribution in [3.63, 3.8) is 0 Å². The van der Waals surface area contributed by atoms with Gasteiger partial charge in [0, 0.05) is 24.3 Å². The van der Waals surface area contributed by atoms with Crippen LogP contribution in [0.5, 0.6) is 0 Å². The van der Waals surface area contributed by atoms with E-state index in [1.54, 1.807) is 23.1 Å². The standard InChI is InChI=1S/C20H21FN2O2/c1-2-23(15-9-4-3-5-10-15)20(25)17-12-16(17)19(24)22-13-14-8-6-7-11-18(14)21/h3-11,16-17H,2,12-13H2,1H3,(H,22,24). The van der Waals surface area contributed by atoms with Gasteiger partial charge in [-0.2, -0.15) is 0 Å². The molecule has 1 N–H and O–H groups in total. The van der Waals surface area contributed by atoms with Crippen molar-refractivity contribution in [3.8, 4) is 0 Å². The Kier molecular flexibility index (Phi) is 5.12. The minimum Gasteiger partial charge on any atom is -0.352 e. The summed E-state index contributed by atoms with van der Waals surface area (Å²) in [6.45, 7) is 2.61. The van der Waals surface area contributed by atoms with Crippen LogP contribution in [0.4, 0.5) is 10.1 Å². The third kappa shape index (κ3) is 3.87. The van der Waals surface area contributed by atoms with Crippen LogP contribution in [-0.4, -0.2) is 18.4 Å². The number of nitrogens with one attached hydrogen (secondary N) is 1. The quantitative estimate of drug-likeness (QED) is 0.878. The van der Waals surface area contributed by atoms with Gasteiger partial charge in [-0.15, -0.1) is 0 Å². The van der Waals surface area contributed by atoms with Crippen LogP contribution < -0.4 is 10.2 Å². The summed E-state index contributed by atoms with van der Waals surface area (Å²) in [5.41, 5.74) is 1.28. The maximum atomic E-state index is 13.6. The highest BCUT2D eigenvalue weighted by Gasteiger charge is 2.49. The molecule has 2 aromatic carbocycles. The smallest absolute Gasteiger partial charge is 0.230 e. The molecule has 2 amide bonds. The lowest BCUT2D eigenvalue weighted by atomic mass is 10.2. The SMILES string of the molecule is CCN(C(=O)C1CC1C(=O)NCc1ccccc1F)c1ccccc1. The minimum atomic E-state index is -0.340. The van der Waals surface area contributed by atoms with Gasteiger partial charge in [0.2, 0.25) is 11.8 Å². The number of para-hydroxylation sites is 1. The molecule has 0 saturated heterocycles. The van der Waals surface area contributed by atoms with Crippen LogP contribution in [0, 0.1) is 17.7 Å². The number of carbonyl (C=O) groups excluding carboxylic acids is 2. The van der Waals surface area contributed by atoms with E-state index in [-0.39, 0.29) is 36.0 Å². The van der Waals surface area contributed by atoms with Crippen molar-refractivity contribution in [2.24, 2.45) is 11.8 Å². The van der Waals surface area contributed by atoms with Gasteiger partial charge in [0.15, 0.2) is 0 Å². The number of benzene rings is 2. The van der Waals surface area contributed by atoms with Crippen molar-refractivity contribution in [1.82, 2.24) is 5.32 Å². The van der Waals surface area contributed by atoms with Gasteiger partial charge in [-0.3, -0.25) is 9.59 Å². The number of carbonyl (C=O) groups is 2. The van der Waals surface area contributed by atoms with Gasteiger partial charge >= 0.3 is 0 Å². The Morgan fingerprint density at radius 1 is 1.08 bits per heavy atom. The molecule has 130 valence electrons. The van der Waals surface area contributed by atoms with Gasteiger partial charge in [0.25, 0.3) is 0 Å². The normalized spacial score (nSPS) is 18.5. The van der Waals surface area contributed by atoms with Crippen molar-refractivity contribution in [1.29, 1.82) is 0 Å². The fourth-order valence-electron chi connectivity index (χ4n) is 2.99. The molecular weight excluding hydrogens is 319 g/mol. The Morgan fingerprint density at radius 3 is 2.44 bits per heavy atom. The molecule has 0 bridgehead atoms. The molecule has 2 unspecified atom stereocenters. The van der Waals surface area contributed by atoms with E-state index in [9.17, 15) is 14.0 Å². The second-order valence-electron chi connectivity index (χ2n) is 6.18. The van der Waals surface area contributed by atoms with E-state index in [1.807, 2.05) is 37.3 Å². The Morgan fingerprint density at radius 2 is 1.76 bits per heavy atom. The van der Waals surface area contributed by atoms with Gasteiger partial charge < -0.3 is 10.2 Å². The molecule has 0 aromatic heterocycles. The van der Waals surface area contributed by atoms with Gasteiger partial charge in [0.1, 0.15) is 5.82 Å². The van der Waals surface area contributed by atoms with Crippen molar-refractivity contribution in [3.05, 3.63) is 66.0 Å². The van der Waals surface area contributed by atoms with E-state index in [0.717, 1.165) is 5.69 Å². The molecule has 4 nitrogen and oxygen atoms in total. The summed E-state index contributed by atoms with van der Waals surface area (Å²) < 4.78 is 13.6. The molecule has 25 heavy (non-hydrogen) atoms. The Balaban J connectivity index is 1.57. The molecule has 1 fully saturated rings. The number of anilines is 1. The summed E-state index contributed by atoms with van der Waals surface area (Å²) in [5.74, 6) is -1.17. The highest BCUT2D eigenvalue weighted by atomic mass is 19.1. The van der Waals surface area contributed by atoms with Crippen LogP contribution in [0.3, 0.4) is 0 Å². The molecular formula is C20H21FN2O2. The van der Waals surface area contributed by atoms with E-state index >= 15 is 0 Å². The highest BCUT2D eigenvalue weighted by Crippen LogP contribution is 2.41. The van der Waals surface area contributed by atoms with Gasteiger partial charge in [-0.1, -0.05) is 36.4 Å². The van der Waals surface area contributed by atoms with E-state index in [1.165, 1.54) is 6.07 Å². The van der Waals surface area contributed by atoms with E-state index in [2.05, 4.69) is 5.32 Å². The maximum Gasteiger partial charge on any atom is 0.230 e. The first-order valence-electron chi connectivity index (χ1n) is 8.49. The van der Waals surface area contributed by atoms with Crippen molar-refractivity contribution >= 4 is 17.5 Å². The zero-order valence-corrected chi connectivity index (χ0v) is 14.1. The first kappa shape index (κ1) is 17.1. The molecule has 1 saturated carbocycles. The zero-order valence-electron chi connectivity index (χ0n) is 14.1. The topological polar surface area (TPSA) is 49.4 Å². The first-order valence-corrected chi connectivity index (χ1v) is 8.49. The first-order chi connectivity index (χ1) is 12.1. The number of hydrogen-bond acceptors (Lipinski definition) is 2. The maximum absolute atomic E-state index is 13.6. The molecule has 1 aliphatic rings. The summed E-state index contributed by atoms with van der Waals surface area (Å²) in [4.78, 5) is 26.6. The van der Waals surface area contributed by atoms with Gasteiger partial charge in [-0.05, 0) is 31.5 Å². The highest BCUT2D eigenvalue weighted by molar-refractivity contribution is 6.01. The lowest BCUT2D eigenvalue weighted by molar-refractivity contribution is -0.126. The van der Waals surface area contributed by atoms with Crippen molar-refractivity contribution in [2.45, 2.75) is 19.9 Å². The van der Waals surface area contributed by atoms with Crippen LogP contribution >= 0.6 is 0 Å². The van der Waals surface area contributed by atoms with Crippen LogP contribution in [-0.2, 0) is 16.1 Å². The van der Waals surface area contributed by atoms with Crippen molar-refractivity contribution in [2.75, 3.05) is 11.4 Å². The van der Waals surface area contributed by atoms with Crippen LogP contribution in [0.15, 0.2) is 54.6 Å². The Hall–Kier alpha value is -2.69. The predicted molar refractivity (Wildman–Crippen MR) is 94.3 cm³/mol. The number of hydrogen-bond donors (Lipinski definition) is 1. The summed E-state index contributed by atoms with van der Waals surface area (Å²) in [6, 6.07) is 15.8. The average Bonchev–Trinajstić information content (AvgIpc) is 3.43. The van der Waals surface area contributed by atoms with Gasteiger partial charge in [-0.25, -0.2) is 4.39 Å².